The van der Waals surface area contributed by atoms with E-state index in [1.807, 2.05) is 6.92 Å². The molecular weight excluding hydrogens is 411 g/mol. The van der Waals surface area contributed by atoms with Crippen LogP contribution in [0.2, 0.25) is 0 Å². The van der Waals surface area contributed by atoms with E-state index in [0.29, 0.717) is 17.1 Å². The van der Waals surface area contributed by atoms with Gasteiger partial charge in [0, 0.05) is 0 Å². The fourth-order valence-corrected chi connectivity index (χ4v) is 3.65. The molecule has 2 aromatic carbocycles. The zero-order valence-electron chi connectivity index (χ0n) is 16.5. The standard InChI is InChI=1S/C21H19FN2O5S/c1-12-8-16(28-2)17(29-3)9-13(12)10-18-20(26)24(21(27)30-18)11-19(25)23-15-7-5-4-6-14(15)22/h4-10H,11H2,1-3H3,(H,23,25). The molecule has 1 saturated heterocycles. The number of nitrogens with one attached hydrogen (secondary N) is 1. The maximum atomic E-state index is 13.7. The van der Waals surface area contributed by atoms with Crippen molar-refractivity contribution in [2.75, 3.05) is 26.1 Å². The van der Waals surface area contributed by atoms with Crippen LogP contribution >= 0.6 is 11.8 Å². The maximum Gasteiger partial charge on any atom is 0.294 e. The number of methoxy groups -OCH3 is 2. The fraction of sp³-hybridized carbons (Fsp3) is 0.190. The summed E-state index contributed by atoms with van der Waals surface area (Å²) in [7, 11) is 3.02. The lowest BCUT2D eigenvalue weighted by molar-refractivity contribution is -0.127. The van der Waals surface area contributed by atoms with Gasteiger partial charge >= 0.3 is 0 Å². The van der Waals surface area contributed by atoms with E-state index >= 15 is 0 Å². The Hall–Kier alpha value is -3.33. The Morgan fingerprint density at radius 2 is 1.83 bits per heavy atom. The van der Waals surface area contributed by atoms with E-state index in [4.69, 9.17) is 9.47 Å². The summed E-state index contributed by atoms with van der Waals surface area (Å²) in [6.07, 6.45) is 1.57. The van der Waals surface area contributed by atoms with Gasteiger partial charge in [-0.1, -0.05) is 12.1 Å². The molecule has 30 heavy (non-hydrogen) atoms. The van der Waals surface area contributed by atoms with Crippen LogP contribution in [0.5, 0.6) is 11.5 Å². The Labute approximate surface area is 176 Å². The summed E-state index contributed by atoms with van der Waals surface area (Å²) in [4.78, 5) is 38.1. The van der Waals surface area contributed by atoms with Gasteiger partial charge in [0.15, 0.2) is 11.5 Å². The molecule has 0 aromatic heterocycles. The predicted molar refractivity (Wildman–Crippen MR) is 112 cm³/mol. The highest BCUT2D eigenvalue weighted by Gasteiger charge is 2.36. The zero-order valence-corrected chi connectivity index (χ0v) is 17.3. The van der Waals surface area contributed by atoms with Gasteiger partial charge in [-0.15, -0.1) is 0 Å². The van der Waals surface area contributed by atoms with Crippen LogP contribution < -0.4 is 14.8 Å². The minimum Gasteiger partial charge on any atom is -0.493 e. The second-order valence-corrected chi connectivity index (χ2v) is 7.35. The number of para-hydroxylation sites is 1. The molecule has 0 aliphatic carbocycles. The number of rotatable bonds is 6. The van der Waals surface area contributed by atoms with Crippen molar-refractivity contribution in [1.29, 1.82) is 0 Å². The number of hydrogen-bond donors (Lipinski definition) is 1. The van der Waals surface area contributed by atoms with Crippen molar-refractivity contribution >= 4 is 40.6 Å². The van der Waals surface area contributed by atoms with Crippen molar-refractivity contribution in [2.45, 2.75) is 6.92 Å². The first-order valence-electron chi connectivity index (χ1n) is 8.86. The third-order valence-electron chi connectivity index (χ3n) is 4.38. The predicted octanol–water partition coefficient (Wildman–Crippen LogP) is 3.83. The summed E-state index contributed by atoms with van der Waals surface area (Å²) in [5.41, 5.74) is 1.47. The molecule has 1 heterocycles. The largest absolute Gasteiger partial charge is 0.493 e. The number of thioether (sulfide) groups is 1. The van der Waals surface area contributed by atoms with Crippen LogP contribution in [0.1, 0.15) is 11.1 Å². The number of carbonyl (C=O) groups excluding carboxylic acids is 3. The summed E-state index contributed by atoms with van der Waals surface area (Å²) in [5, 5.41) is 1.78. The quantitative estimate of drug-likeness (QED) is 0.702. The first-order valence-corrected chi connectivity index (χ1v) is 9.68. The van der Waals surface area contributed by atoms with E-state index in [2.05, 4.69) is 5.32 Å². The molecule has 1 aliphatic rings. The monoisotopic (exact) mass is 430 g/mol. The van der Waals surface area contributed by atoms with Crippen molar-refractivity contribution in [1.82, 2.24) is 4.90 Å². The first-order chi connectivity index (χ1) is 14.3. The summed E-state index contributed by atoms with van der Waals surface area (Å²) in [5.74, 6) is -0.847. The highest BCUT2D eigenvalue weighted by molar-refractivity contribution is 8.18. The number of halogens is 1. The van der Waals surface area contributed by atoms with Gasteiger partial charge in [-0.05, 0) is 60.2 Å². The number of ether oxygens (including phenoxy) is 2. The van der Waals surface area contributed by atoms with Gasteiger partial charge in [0.2, 0.25) is 5.91 Å². The summed E-state index contributed by atoms with van der Waals surface area (Å²) in [6.45, 7) is 1.32. The molecule has 0 radical (unpaired) electrons. The summed E-state index contributed by atoms with van der Waals surface area (Å²) in [6, 6.07) is 9.10. The van der Waals surface area contributed by atoms with E-state index in [1.165, 1.54) is 32.4 Å². The van der Waals surface area contributed by atoms with Crippen LogP contribution in [0.15, 0.2) is 41.3 Å². The molecule has 0 saturated carbocycles. The van der Waals surface area contributed by atoms with E-state index in [-0.39, 0.29) is 10.6 Å². The number of amides is 3. The molecule has 156 valence electrons. The molecule has 3 rings (SSSR count). The first kappa shape index (κ1) is 21.4. The highest BCUT2D eigenvalue weighted by Crippen LogP contribution is 2.35. The van der Waals surface area contributed by atoms with Gasteiger partial charge in [-0.2, -0.15) is 0 Å². The van der Waals surface area contributed by atoms with Crippen LogP contribution in [0.3, 0.4) is 0 Å². The van der Waals surface area contributed by atoms with E-state index in [9.17, 15) is 18.8 Å². The van der Waals surface area contributed by atoms with Crippen LogP contribution in [0.4, 0.5) is 14.9 Å². The number of carbonyl (C=O) groups is 3. The van der Waals surface area contributed by atoms with Crippen LogP contribution in [0.25, 0.3) is 6.08 Å². The topological polar surface area (TPSA) is 84.9 Å². The molecule has 7 nitrogen and oxygen atoms in total. The number of hydrogen-bond acceptors (Lipinski definition) is 6. The lowest BCUT2D eigenvalue weighted by Crippen LogP contribution is -2.36. The van der Waals surface area contributed by atoms with Crippen LogP contribution in [-0.2, 0) is 9.59 Å². The van der Waals surface area contributed by atoms with Gasteiger partial charge in [0.25, 0.3) is 11.1 Å². The Morgan fingerprint density at radius 3 is 2.50 bits per heavy atom. The third-order valence-corrected chi connectivity index (χ3v) is 5.29. The smallest absolute Gasteiger partial charge is 0.294 e. The second kappa shape index (κ2) is 9.00. The number of nitrogens with zero attached hydrogens (tertiary/aromatic N) is 1. The van der Waals surface area contributed by atoms with Gasteiger partial charge in [0.05, 0.1) is 24.8 Å². The Bertz CT molecular complexity index is 1050. The zero-order chi connectivity index (χ0) is 21.8. The highest BCUT2D eigenvalue weighted by atomic mass is 32.2. The minimum atomic E-state index is -0.675. The molecule has 1 N–H and O–H groups in total. The van der Waals surface area contributed by atoms with Gasteiger partial charge < -0.3 is 14.8 Å². The molecule has 1 aliphatic heterocycles. The van der Waals surface area contributed by atoms with E-state index < -0.39 is 29.4 Å². The van der Waals surface area contributed by atoms with Gasteiger partial charge in [-0.25, -0.2) is 4.39 Å². The van der Waals surface area contributed by atoms with Crippen molar-refractivity contribution in [2.24, 2.45) is 0 Å². The van der Waals surface area contributed by atoms with Crippen molar-refractivity contribution in [3.63, 3.8) is 0 Å². The molecule has 0 spiro atoms. The Kier molecular flexibility index (Phi) is 6.41. The summed E-state index contributed by atoms with van der Waals surface area (Å²) < 4.78 is 24.2. The van der Waals surface area contributed by atoms with E-state index in [1.54, 1.807) is 24.3 Å². The molecule has 0 atom stereocenters. The molecule has 0 bridgehead atoms. The van der Waals surface area contributed by atoms with Crippen LogP contribution in [-0.4, -0.2) is 42.7 Å². The Morgan fingerprint density at radius 1 is 1.17 bits per heavy atom. The molecule has 9 heteroatoms. The lowest BCUT2D eigenvalue weighted by Gasteiger charge is -2.13. The third kappa shape index (κ3) is 4.46. The average molecular weight is 430 g/mol. The fourth-order valence-electron chi connectivity index (χ4n) is 2.83. The lowest BCUT2D eigenvalue weighted by atomic mass is 10.1. The molecule has 0 unspecified atom stereocenters. The maximum absolute atomic E-state index is 13.7. The minimum absolute atomic E-state index is 0.0223. The van der Waals surface area contributed by atoms with Crippen molar-refractivity contribution in [3.8, 4) is 11.5 Å². The number of benzene rings is 2. The summed E-state index contributed by atoms with van der Waals surface area (Å²) >= 11 is 0.733. The normalized spacial score (nSPS) is 14.9. The van der Waals surface area contributed by atoms with Gasteiger partial charge in [-0.3, -0.25) is 19.3 Å². The molecular formula is C21H19FN2O5S. The molecule has 1 fully saturated rings. The molecule has 2 aromatic rings. The van der Waals surface area contributed by atoms with Gasteiger partial charge in [0.1, 0.15) is 12.4 Å². The SMILES string of the molecule is COc1cc(C)c(C=C2SC(=O)N(CC(=O)Nc3ccccc3F)C2=O)cc1OC. The van der Waals surface area contributed by atoms with Crippen molar-refractivity contribution in [3.05, 3.63) is 58.2 Å². The second-order valence-electron chi connectivity index (χ2n) is 6.36. The van der Waals surface area contributed by atoms with E-state index in [0.717, 1.165) is 22.2 Å². The van der Waals surface area contributed by atoms with Crippen LogP contribution in [0, 0.1) is 12.7 Å². The molecule has 3 amide bonds. The number of anilines is 1. The number of imide groups is 1. The van der Waals surface area contributed by atoms with Crippen molar-refractivity contribution < 1.29 is 28.2 Å². The number of aryl methyl sites for hydroxylation is 1. The average Bonchev–Trinajstić information content (AvgIpc) is 2.98. The Balaban J connectivity index is 1.78.